The van der Waals surface area contributed by atoms with Crippen LogP contribution in [0.3, 0.4) is 0 Å². The normalized spacial score (nSPS) is 32.8. The van der Waals surface area contributed by atoms with E-state index < -0.39 is 0 Å². The Kier molecular flexibility index (Phi) is 8.88. The van der Waals surface area contributed by atoms with E-state index in [2.05, 4.69) is 24.5 Å². The van der Waals surface area contributed by atoms with Gasteiger partial charge in [0.25, 0.3) is 0 Å². The maximum Gasteiger partial charge on any atom is 0.310 e. The van der Waals surface area contributed by atoms with Crippen molar-refractivity contribution in [3.8, 4) is 0 Å². The number of hydrogen-bond donors (Lipinski definition) is 3. The average Bonchev–Trinajstić information content (AvgIpc) is 2.50. The van der Waals surface area contributed by atoms with Crippen molar-refractivity contribution in [2.24, 2.45) is 11.8 Å². The fourth-order valence-corrected chi connectivity index (χ4v) is 2.67. The SMILES string of the molecule is CC1CCC(CO)CN1.CCOC(=O)C1CCC(C)NC1. The van der Waals surface area contributed by atoms with Crippen molar-refractivity contribution in [3.63, 3.8) is 0 Å². The van der Waals surface area contributed by atoms with Gasteiger partial charge in [0.05, 0.1) is 12.5 Å². The molecule has 2 rings (SSSR count). The molecule has 5 nitrogen and oxygen atoms in total. The van der Waals surface area contributed by atoms with Crippen molar-refractivity contribution < 1.29 is 14.6 Å². The summed E-state index contributed by atoms with van der Waals surface area (Å²) in [7, 11) is 0. The van der Waals surface area contributed by atoms with Gasteiger partial charge in [-0.1, -0.05) is 0 Å². The number of esters is 1. The van der Waals surface area contributed by atoms with Crippen molar-refractivity contribution >= 4 is 5.97 Å². The number of carbonyl (C=O) groups excluding carboxylic acids is 1. The lowest BCUT2D eigenvalue weighted by atomic mass is 9.96. The van der Waals surface area contributed by atoms with Crippen LogP contribution in [0.5, 0.6) is 0 Å². The van der Waals surface area contributed by atoms with Crippen LogP contribution in [-0.4, -0.2) is 49.5 Å². The maximum atomic E-state index is 11.2. The molecule has 0 bridgehead atoms. The molecule has 2 aliphatic heterocycles. The van der Waals surface area contributed by atoms with Crippen LogP contribution in [0, 0.1) is 11.8 Å². The zero-order valence-corrected chi connectivity index (χ0v) is 13.7. The second kappa shape index (κ2) is 10.1. The molecule has 2 aliphatic rings. The van der Waals surface area contributed by atoms with E-state index in [0.29, 0.717) is 31.2 Å². The summed E-state index contributed by atoms with van der Waals surface area (Å²) < 4.78 is 4.94. The predicted molar refractivity (Wildman–Crippen MR) is 84.1 cm³/mol. The van der Waals surface area contributed by atoms with Crippen molar-refractivity contribution in [2.75, 3.05) is 26.3 Å². The molecule has 0 spiro atoms. The predicted octanol–water partition coefficient (Wildman–Crippen LogP) is 1.30. The number of carbonyl (C=O) groups is 1. The molecule has 0 saturated carbocycles. The van der Waals surface area contributed by atoms with Crippen LogP contribution in [0.4, 0.5) is 0 Å². The number of aliphatic hydroxyl groups excluding tert-OH is 1. The highest BCUT2D eigenvalue weighted by Gasteiger charge is 2.24. The van der Waals surface area contributed by atoms with Crippen molar-refractivity contribution in [2.45, 2.75) is 58.5 Å². The summed E-state index contributed by atoms with van der Waals surface area (Å²) in [6.45, 7) is 8.79. The molecule has 4 unspecified atom stereocenters. The summed E-state index contributed by atoms with van der Waals surface area (Å²) >= 11 is 0. The molecule has 0 radical (unpaired) electrons. The number of aliphatic hydroxyl groups is 1. The van der Waals surface area contributed by atoms with Crippen molar-refractivity contribution in [1.29, 1.82) is 0 Å². The number of hydrogen-bond acceptors (Lipinski definition) is 5. The number of piperidine rings is 2. The quantitative estimate of drug-likeness (QED) is 0.686. The molecule has 2 fully saturated rings. The number of nitrogens with one attached hydrogen (secondary N) is 2. The van der Waals surface area contributed by atoms with Gasteiger partial charge in [0, 0.05) is 31.8 Å². The van der Waals surface area contributed by atoms with Gasteiger partial charge in [0.1, 0.15) is 0 Å². The molecule has 0 aliphatic carbocycles. The third-order valence-electron chi connectivity index (χ3n) is 4.30. The van der Waals surface area contributed by atoms with Crippen molar-refractivity contribution in [3.05, 3.63) is 0 Å². The minimum absolute atomic E-state index is 0.0445. The first-order valence-electron chi connectivity index (χ1n) is 8.31. The van der Waals surface area contributed by atoms with E-state index in [1.807, 2.05) is 6.92 Å². The first-order valence-corrected chi connectivity index (χ1v) is 8.31. The number of rotatable bonds is 3. The minimum Gasteiger partial charge on any atom is -0.466 e. The average molecular weight is 300 g/mol. The fourth-order valence-electron chi connectivity index (χ4n) is 2.67. The summed E-state index contributed by atoms with van der Waals surface area (Å²) in [6, 6.07) is 1.21. The van der Waals surface area contributed by atoms with Gasteiger partial charge >= 0.3 is 5.97 Å². The molecule has 0 aromatic carbocycles. The Morgan fingerprint density at radius 3 is 2.14 bits per heavy atom. The molecule has 124 valence electrons. The van der Waals surface area contributed by atoms with Crippen LogP contribution < -0.4 is 10.6 Å². The van der Waals surface area contributed by atoms with E-state index in [1.165, 1.54) is 12.8 Å². The zero-order chi connectivity index (χ0) is 15.7. The van der Waals surface area contributed by atoms with Gasteiger partial charge in [-0.2, -0.15) is 0 Å². The zero-order valence-electron chi connectivity index (χ0n) is 13.7. The number of ether oxygens (including phenoxy) is 1. The summed E-state index contributed by atoms with van der Waals surface area (Å²) in [5, 5.41) is 15.3. The van der Waals surface area contributed by atoms with Crippen LogP contribution in [0.25, 0.3) is 0 Å². The second-order valence-electron chi connectivity index (χ2n) is 6.27. The van der Waals surface area contributed by atoms with Gasteiger partial charge in [0.2, 0.25) is 0 Å². The van der Waals surface area contributed by atoms with E-state index in [4.69, 9.17) is 9.84 Å². The van der Waals surface area contributed by atoms with Gasteiger partial charge < -0.3 is 20.5 Å². The van der Waals surface area contributed by atoms with Gasteiger partial charge in [-0.25, -0.2) is 0 Å². The van der Waals surface area contributed by atoms with Gasteiger partial charge in [-0.05, 0) is 52.4 Å². The maximum absolute atomic E-state index is 11.2. The smallest absolute Gasteiger partial charge is 0.310 e. The van der Waals surface area contributed by atoms with E-state index in [-0.39, 0.29) is 11.9 Å². The van der Waals surface area contributed by atoms with Crippen LogP contribution in [0.15, 0.2) is 0 Å². The molecule has 2 saturated heterocycles. The first-order chi connectivity index (χ1) is 10.1. The van der Waals surface area contributed by atoms with Crippen LogP contribution in [0.1, 0.15) is 46.5 Å². The fraction of sp³-hybridized carbons (Fsp3) is 0.938. The molecule has 2 heterocycles. The lowest BCUT2D eigenvalue weighted by Gasteiger charge is -2.25. The first kappa shape index (κ1) is 18.4. The minimum atomic E-state index is -0.0445. The molecule has 3 N–H and O–H groups in total. The molecule has 5 heteroatoms. The van der Waals surface area contributed by atoms with Crippen LogP contribution in [0.2, 0.25) is 0 Å². The van der Waals surface area contributed by atoms with Gasteiger partial charge in [0.15, 0.2) is 0 Å². The molecule has 0 amide bonds. The molecule has 0 aromatic heterocycles. The summed E-state index contributed by atoms with van der Waals surface area (Å²) in [4.78, 5) is 11.2. The molecular weight excluding hydrogens is 268 g/mol. The Hall–Kier alpha value is -0.650. The second-order valence-corrected chi connectivity index (χ2v) is 6.27. The Labute approximate surface area is 128 Å². The summed E-state index contributed by atoms with van der Waals surface area (Å²) in [5.41, 5.74) is 0. The highest BCUT2D eigenvalue weighted by molar-refractivity contribution is 5.72. The van der Waals surface area contributed by atoms with E-state index in [0.717, 1.165) is 25.9 Å². The molecule has 0 aromatic rings. The van der Waals surface area contributed by atoms with E-state index >= 15 is 0 Å². The Bertz CT molecular complexity index is 283. The van der Waals surface area contributed by atoms with Crippen molar-refractivity contribution in [1.82, 2.24) is 10.6 Å². The van der Waals surface area contributed by atoms with Crippen LogP contribution in [-0.2, 0) is 9.53 Å². The topological polar surface area (TPSA) is 70.6 Å². The lowest BCUT2D eigenvalue weighted by molar-refractivity contribution is -0.148. The lowest BCUT2D eigenvalue weighted by Crippen LogP contribution is -2.40. The Morgan fingerprint density at radius 1 is 1.10 bits per heavy atom. The summed E-state index contributed by atoms with van der Waals surface area (Å²) in [5.74, 6) is 0.555. The van der Waals surface area contributed by atoms with Crippen LogP contribution >= 0.6 is 0 Å². The molecule has 21 heavy (non-hydrogen) atoms. The Balaban J connectivity index is 0.000000219. The summed E-state index contributed by atoms with van der Waals surface area (Å²) in [6.07, 6.45) is 4.44. The van der Waals surface area contributed by atoms with Gasteiger partial charge in [-0.15, -0.1) is 0 Å². The molecular formula is C16H32N2O3. The highest BCUT2D eigenvalue weighted by Crippen LogP contribution is 2.15. The Morgan fingerprint density at radius 2 is 1.71 bits per heavy atom. The van der Waals surface area contributed by atoms with E-state index in [9.17, 15) is 4.79 Å². The third kappa shape index (κ3) is 7.25. The monoisotopic (exact) mass is 300 g/mol. The van der Waals surface area contributed by atoms with E-state index in [1.54, 1.807) is 0 Å². The third-order valence-corrected chi connectivity index (χ3v) is 4.30. The van der Waals surface area contributed by atoms with Gasteiger partial charge in [-0.3, -0.25) is 4.79 Å². The standard InChI is InChI=1S/C9H17NO2.C7H15NO/c1-3-12-9(11)8-5-4-7(2)10-6-8;1-6-2-3-7(5-9)4-8-6/h7-8,10H,3-6H2,1-2H3;6-9H,2-5H2,1H3. The molecule has 4 atom stereocenters. The highest BCUT2D eigenvalue weighted by atomic mass is 16.5. The largest absolute Gasteiger partial charge is 0.466 e.